The smallest absolute Gasteiger partial charge is 0.214 e. The van der Waals surface area contributed by atoms with E-state index in [2.05, 4.69) is 4.89 Å². The quantitative estimate of drug-likeness (QED) is 0.518. The molecular formula is C10H8O3. The van der Waals surface area contributed by atoms with Gasteiger partial charge in [-0.05, 0) is 11.5 Å². The second kappa shape index (κ2) is 2.95. The summed E-state index contributed by atoms with van der Waals surface area (Å²) >= 11 is 0. The molecule has 0 aliphatic rings. The van der Waals surface area contributed by atoms with Gasteiger partial charge in [-0.1, -0.05) is 30.3 Å². The third-order valence-electron chi connectivity index (χ3n) is 1.95. The Labute approximate surface area is 74.7 Å². The van der Waals surface area contributed by atoms with Crippen LogP contribution in [0.4, 0.5) is 0 Å². The summed E-state index contributed by atoms with van der Waals surface area (Å²) in [6, 6.07) is 10.6. The maximum atomic E-state index is 9.32. The molecule has 3 heteroatoms. The Morgan fingerprint density at radius 2 is 1.77 bits per heavy atom. The van der Waals surface area contributed by atoms with Gasteiger partial charge in [0, 0.05) is 5.39 Å². The molecule has 0 saturated carbocycles. The zero-order chi connectivity index (χ0) is 9.26. The summed E-state index contributed by atoms with van der Waals surface area (Å²) in [5, 5.41) is 19.5. The second-order valence-electron chi connectivity index (χ2n) is 2.73. The van der Waals surface area contributed by atoms with Crippen molar-refractivity contribution < 1.29 is 15.3 Å². The van der Waals surface area contributed by atoms with E-state index < -0.39 is 0 Å². The van der Waals surface area contributed by atoms with E-state index >= 15 is 0 Å². The molecule has 0 atom stereocenters. The Bertz CT molecular complexity index is 437. The molecule has 0 spiro atoms. The number of phenolic OH excluding ortho intramolecular Hbond substituents is 1. The van der Waals surface area contributed by atoms with Gasteiger partial charge in [0.1, 0.15) is 0 Å². The van der Waals surface area contributed by atoms with Gasteiger partial charge in [0.05, 0.1) is 0 Å². The van der Waals surface area contributed by atoms with Gasteiger partial charge in [0.15, 0.2) is 5.75 Å². The zero-order valence-electron chi connectivity index (χ0n) is 6.77. The minimum atomic E-state index is -0.0683. The lowest BCUT2D eigenvalue weighted by Crippen LogP contribution is -1.86. The summed E-state index contributed by atoms with van der Waals surface area (Å²) < 4.78 is 0. The van der Waals surface area contributed by atoms with Crippen LogP contribution in [0.25, 0.3) is 10.8 Å². The van der Waals surface area contributed by atoms with Gasteiger partial charge in [-0.15, -0.1) is 0 Å². The molecule has 2 aromatic carbocycles. The average Bonchev–Trinajstić information content (AvgIpc) is 2.18. The van der Waals surface area contributed by atoms with E-state index in [1.165, 1.54) is 6.07 Å². The third-order valence-corrected chi connectivity index (χ3v) is 1.95. The predicted molar refractivity (Wildman–Crippen MR) is 48.9 cm³/mol. The van der Waals surface area contributed by atoms with E-state index in [-0.39, 0.29) is 11.5 Å². The summed E-state index contributed by atoms with van der Waals surface area (Å²) in [7, 11) is 0. The third kappa shape index (κ3) is 1.19. The molecule has 2 N–H and O–H groups in total. The van der Waals surface area contributed by atoms with Crippen molar-refractivity contribution in [3.63, 3.8) is 0 Å². The van der Waals surface area contributed by atoms with Gasteiger partial charge in [0.2, 0.25) is 5.75 Å². The second-order valence-corrected chi connectivity index (χ2v) is 2.73. The van der Waals surface area contributed by atoms with Gasteiger partial charge in [-0.2, -0.15) is 0 Å². The van der Waals surface area contributed by atoms with E-state index in [0.29, 0.717) is 5.39 Å². The molecule has 0 heterocycles. The summed E-state index contributed by atoms with van der Waals surface area (Å²) in [6.45, 7) is 0. The zero-order valence-corrected chi connectivity index (χ0v) is 6.77. The van der Waals surface area contributed by atoms with Crippen LogP contribution in [0, 0.1) is 0 Å². The Morgan fingerprint density at radius 3 is 2.54 bits per heavy atom. The summed E-state index contributed by atoms with van der Waals surface area (Å²) in [4.78, 5) is 4.11. The fraction of sp³-hybridized carbons (Fsp3) is 0. The monoisotopic (exact) mass is 176 g/mol. The molecule has 0 saturated heterocycles. The standard InChI is InChI=1S/C10H8O3/c11-9-6-5-7-3-1-2-4-8(7)10(9)13-12/h1-6,11-12H. The van der Waals surface area contributed by atoms with Crippen LogP contribution in [-0.4, -0.2) is 10.4 Å². The predicted octanol–water partition coefficient (Wildman–Crippen LogP) is 2.40. The lowest BCUT2D eigenvalue weighted by molar-refractivity contribution is -0.137. The first kappa shape index (κ1) is 7.89. The van der Waals surface area contributed by atoms with E-state index in [4.69, 9.17) is 5.26 Å². The van der Waals surface area contributed by atoms with Gasteiger partial charge >= 0.3 is 0 Å². The van der Waals surface area contributed by atoms with E-state index in [1.807, 2.05) is 18.2 Å². The first-order chi connectivity index (χ1) is 6.33. The molecule has 2 aromatic rings. The van der Waals surface area contributed by atoms with Gasteiger partial charge in [-0.3, -0.25) is 0 Å². The van der Waals surface area contributed by atoms with Gasteiger partial charge in [-0.25, -0.2) is 5.26 Å². The lowest BCUT2D eigenvalue weighted by Gasteiger charge is -2.04. The highest BCUT2D eigenvalue weighted by Crippen LogP contribution is 2.33. The highest BCUT2D eigenvalue weighted by Gasteiger charge is 2.06. The number of hydrogen-bond acceptors (Lipinski definition) is 3. The highest BCUT2D eigenvalue weighted by molar-refractivity contribution is 5.90. The van der Waals surface area contributed by atoms with Crippen LogP contribution in [0.2, 0.25) is 0 Å². The van der Waals surface area contributed by atoms with Crippen molar-refractivity contribution in [3.8, 4) is 11.5 Å². The minimum absolute atomic E-state index is 0.0683. The number of rotatable bonds is 1. The topological polar surface area (TPSA) is 49.7 Å². The Morgan fingerprint density at radius 1 is 1.00 bits per heavy atom. The SMILES string of the molecule is OOc1c(O)ccc2ccccc12. The molecule has 0 aliphatic carbocycles. The van der Waals surface area contributed by atoms with Crippen LogP contribution in [-0.2, 0) is 0 Å². The summed E-state index contributed by atoms with van der Waals surface area (Å²) in [5.41, 5.74) is 0. The van der Waals surface area contributed by atoms with Gasteiger partial charge in [0.25, 0.3) is 0 Å². The molecule has 13 heavy (non-hydrogen) atoms. The van der Waals surface area contributed by atoms with Crippen molar-refractivity contribution in [2.45, 2.75) is 0 Å². The first-order valence-electron chi connectivity index (χ1n) is 3.85. The molecule has 0 radical (unpaired) electrons. The maximum absolute atomic E-state index is 9.32. The molecule has 0 aromatic heterocycles. The normalized spacial score (nSPS) is 10.2. The molecule has 2 rings (SSSR count). The molecule has 0 amide bonds. The maximum Gasteiger partial charge on any atom is 0.214 e. The number of fused-ring (bicyclic) bond motifs is 1. The van der Waals surface area contributed by atoms with Crippen LogP contribution in [0.15, 0.2) is 36.4 Å². The van der Waals surface area contributed by atoms with Crippen LogP contribution < -0.4 is 4.89 Å². The van der Waals surface area contributed by atoms with Crippen molar-refractivity contribution in [3.05, 3.63) is 36.4 Å². The van der Waals surface area contributed by atoms with E-state index in [0.717, 1.165) is 5.39 Å². The molecule has 66 valence electrons. The van der Waals surface area contributed by atoms with Crippen molar-refractivity contribution in [2.24, 2.45) is 0 Å². The van der Waals surface area contributed by atoms with Crippen LogP contribution in [0.5, 0.6) is 11.5 Å². The average molecular weight is 176 g/mol. The highest BCUT2D eigenvalue weighted by atomic mass is 17.1. The molecule has 0 fully saturated rings. The Balaban J connectivity index is 2.84. The number of aromatic hydroxyl groups is 1. The number of benzene rings is 2. The van der Waals surface area contributed by atoms with Crippen LogP contribution in [0.1, 0.15) is 0 Å². The number of phenols is 1. The molecule has 3 nitrogen and oxygen atoms in total. The summed E-state index contributed by atoms with van der Waals surface area (Å²) in [6.07, 6.45) is 0. The van der Waals surface area contributed by atoms with Crippen molar-refractivity contribution >= 4 is 10.8 Å². The molecule has 0 bridgehead atoms. The minimum Gasteiger partial charge on any atom is -0.504 e. The lowest BCUT2D eigenvalue weighted by atomic mass is 10.1. The molecule has 0 unspecified atom stereocenters. The van der Waals surface area contributed by atoms with Crippen molar-refractivity contribution in [2.75, 3.05) is 0 Å². The fourth-order valence-electron chi connectivity index (χ4n) is 1.33. The van der Waals surface area contributed by atoms with Crippen LogP contribution >= 0.6 is 0 Å². The Kier molecular flexibility index (Phi) is 1.79. The van der Waals surface area contributed by atoms with E-state index in [9.17, 15) is 5.11 Å². The summed E-state index contributed by atoms with van der Waals surface area (Å²) in [5.74, 6) is 0.0271. The number of hydrogen-bond donors (Lipinski definition) is 2. The van der Waals surface area contributed by atoms with Crippen molar-refractivity contribution in [1.29, 1.82) is 0 Å². The van der Waals surface area contributed by atoms with Crippen molar-refractivity contribution in [1.82, 2.24) is 0 Å². The van der Waals surface area contributed by atoms with E-state index in [1.54, 1.807) is 12.1 Å². The largest absolute Gasteiger partial charge is 0.504 e. The molecular weight excluding hydrogens is 168 g/mol. The Hall–Kier alpha value is -1.74. The van der Waals surface area contributed by atoms with Gasteiger partial charge < -0.3 is 9.99 Å². The molecule has 0 aliphatic heterocycles. The fourth-order valence-corrected chi connectivity index (χ4v) is 1.33. The first-order valence-corrected chi connectivity index (χ1v) is 3.85. The van der Waals surface area contributed by atoms with Crippen LogP contribution in [0.3, 0.4) is 0 Å².